The molecule has 0 aromatic rings. The molecule has 0 aliphatic carbocycles. The maximum absolute atomic E-state index is 11.0. The van der Waals surface area contributed by atoms with E-state index in [2.05, 4.69) is 11.7 Å². The van der Waals surface area contributed by atoms with Crippen LogP contribution in [0, 0.1) is 0 Å². The van der Waals surface area contributed by atoms with Crippen molar-refractivity contribution in [3.63, 3.8) is 0 Å². The second kappa shape index (κ2) is 4.84. The van der Waals surface area contributed by atoms with E-state index in [0.29, 0.717) is 6.42 Å². The zero-order valence-corrected chi connectivity index (χ0v) is 7.75. The summed E-state index contributed by atoms with van der Waals surface area (Å²) in [5.74, 6) is -0.850. The van der Waals surface area contributed by atoms with Crippen LogP contribution in [0.5, 0.6) is 0 Å². The van der Waals surface area contributed by atoms with Gasteiger partial charge in [0.1, 0.15) is 0 Å². The predicted molar refractivity (Wildman–Crippen MR) is 45.0 cm³/mol. The van der Waals surface area contributed by atoms with Crippen LogP contribution in [0.3, 0.4) is 0 Å². The summed E-state index contributed by atoms with van der Waals surface area (Å²) >= 11 is 0. The molecule has 4 nitrogen and oxygen atoms in total. The van der Waals surface area contributed by atoms with Crippen molar-refractivity contribution in [1.82, 2.24) is 0 Å². The van der Waals surface area contributed by atoms with Gasteiger partial charge in [-0.1, -0.05) is 19.8 Å². The number of ether oxygens (including phenoxy) is 2. The van der Waals surface area contributed by atoms with Gasteiger partial charge >= 0.3 is 11.9 Å². The molecular formula is C9H14O4. The third-order valence-corrected chi connectivity index (χ3v) is 1.94. The molecule has 1 atom stereocenters. The van der Waals surface area contributed by atoms with Crippen molar-refractivity contribution in [2.24, 2.45) is 0 Å². The highest BCUT2D eigenvalue weighted by Gasteiger charge is 2.29. The molecule has 0 radical (unpaired) electrons. The highest BCUT2D eigenvalue weighted by atomic mass is 16.6. The fourth-order valence-corrected chi connectivity index (χ4v) is 1.22. The molecule has 0 spiro atoms. The van der Waals surface area contributed by atoms with Gasteiger partial charge in [-0.2, -0.15) is 0 Å². The lowest BCUT2D eigenvalue weighted by atomic mass is 10.1. The van der Waals surface area contributed by atoms with E-state index in [1.165, 1.54) is 0 Å². The lowest BCUT2D eigenvalue weighted by Crippen LogP contribution is -2.37. The normalized spacial score (nSPS) is 22.4. The fraction of sp³-hybridized carbons (Fsp3) is 0.778. The molecular weight excluding hydrogens is 172 g/mol. The van der Waals surface area contributed by atoms with Gasteiger partial charge in [0, 0.05) is 0 Å². The third-order valence-electron chi connectivity index (χ3n) is 1.94. The zero-order chi connectivity index (χ0) is 9.68. The molecule has 1 heterocycles. The Bertz CT molecular complexity index is 200. The fourth-order valence-electron chi connectivity index (χ4n) is 1.22. The van der Waals surface area contributed by atoms with Crippen LogP contribution in [0.1, 0.15) is 32.6 Å². The van der Waals surface area contributed by atoms with Crippen LogP contribution in [0.4, 0.5) is 0 Å². The van der Waals surface area contributed by atoms with E-state index in [9.17, 15) is 9.59 Å². The summed E-state index contributed by atoms with van der Waals surface area (Å²) in [5.41, 5.74) is 0. The van der Waals surface area contributed by atoms with Gasteiger partial charge in [-0.05, 0) is 12.8 Å². The summed E-state index contributed by atoms with van der Waals surface area (Å²) in [6.45, 7) is 1.84. The first-order valence-electron chi connectivity index (χ1n) is 4.60. The smallest absolute Gasteiger partial charge is 0.348 e. The van der Waals surface area contributed by atoms with E-state index in [0.717, 1.165) is 19.3 Å². The van der Waals surface area contributed by atoms with Gasteiger partial charge in [0.15, 0.2) is 12.7 Å². The molecule has 4 heteroatoms. The number of cyclic esters (lactones) is 2. The Labute approximate surface area is 77.2 Å². The minimum Gasteiger partial charge on any atom is -0.451 e. The van der Waals surface area contributed by atoms with Crippen molar-refractivity contribution in [1.29, 1.82) is 0 Å². The van der Waals surface area contributed by atoms with Crippen LogP contribution in [0.2, 0.25) is 0 Å². The van der Waals surface area contributed by atoms with Gasteiger partial charge in [0.25, 0.3) is 0 Å². The standard InChI is InChI=1S/C9H14O4/c1-2-3-4-5-7-9(11)12-6-8(10)13-7/h7H,2-6H2,1H3. The number of hydrogen-bond donors (Lipinski definition) is 0. The van der Waals surface area contributed by atoms with Crippen molar-refractivity contribution in [2.75, 3.05) is 6.61 Å². The van der Waals surface area contributed by atoms with E-state index in [1.807, 2.05) is 0 Å². The molecule has 1 saturated heterocycles. The Morgan fingerprint density at radius 3 is 2.85 bits per heavy atom. The van der Waals surface area contributed by atoms with Crippen molar-refractivity contribution in [3.05, 3.63) is 0 Å². The molecule has 1 rings (SSSR count). The average Bonchev–Trinajstić information content (AvgIpc) is 2.11. The molecule has 1 fully saturated rings. The number of rotatable bonds is 4. The van der Waals surface area contributed by atoms with E-state index in [1.54, 1.807) is 0 Å². The highest BCUT2D eigenvalue weighted by molar-refractivity contribution is 5.85. The van der Waals surface area contributed by atoms with Crippen LogP contribution in [-0.4, -0.2) is 24.6 Å². The molecule has 74 valence electrons. The van der Waals surface area contributed by atoms with Crippen LogP contribution >= 0.6 is 0 Å². The topological polar surface area (TPSA) is 52.6 Å². The first kappa shape index (κ1) is 10.0. The van der Waals surface area contributed by atoms with Gasteiger partial charge in [-0.25, -0.2) is 9.59 Å². The summed E-state index contributed by atoms with van der Waals surface area (Å²) < 4.78 is 9.45. The zero-order valence-electron chi connectivity index (χ0n) is 7.75. The first-order chi connectivity index (χ1) is 6.24. The second-order valence-electron chi connectivity index (χ2n) is 3.08. The third kappa shape index (κ3) is 3.05. The number of carbonyl (C=O) groups excluding carboxylic acids is 2. The number of unbranched alkanes of at least 4 members (excludes halogenated alkanes) is 2. The molecule has 0 amide bonds. The van der Waals surface area contributed by atoms with Crippen LogP contribution in [0.25, 0.3) is 0 Å². The van der Waals surface area contributed by atoms with Gasteiger partial charge in [0.2, 0.25) is 0 Å². The maximum Gasteiger partial charge on any atom is 0.348 e. The lowest BCUT2D eigenvalue weighted by molar-refractivity contribution is -0.185. The monoisotopic (exact) mass is 186 g/mol. The SMILES string of the molecule is CCCCCC1OC(=O)COC1=O. The number of hydrogen-bond acceptors (Lipinski definition) is 4. The highest BCUT2D eigenvalue weighted by Crippen LogP contribution is 2.12. The van der Waals surface area contributed by atoms with Crippen LogP contribution in [0.15, 0.2) is 0 Å². The Morgan fingerprint density at radius 2 is 2.15 bits per heavy atom. The minimum atomic E-state index is -0.659. The molecule has 0 aromatic heterocycles. The Morgan fingerprint density at radius 1 is 1.38 bits per heavy atom. The first-order valence-corrected chi connectivity index (χ1v) is 4.60. The predicted octanol–water partition coefficient (Wildman–Crippen LogP) is 1.04. The Kier molecular flexibility index (Phi) is 3.73. The van der Waals surface area contributed by atoms with Gasteiger partial charge in [0.05, 0.1) is 0 Å². The number of esters is 2. The Hall–Kier alpha value is -1.06. The molecule has 13 heavy (non-hydrogen) atoms. The molecule has 1 unspecified atom stereocenters. The quantitative estimate of drug-likeness (QED) is 0.486. The molecule has 1 aliphatic rings. The number of carbonyl (C=O) groups is 2. The lowest BCUT2D eigenvalue weighted by Gasteiger charge is -2.20. The Balaban J connectivity index is 2.29. The van der Waals surface area contributed by atoms with Crippen LogP contribution in [-0.2, 0) is 19.1 Å². The summed E-state index contributed by atoms with van der Waals surface area (Å²) in [5, 5.41) is 0. The molecule has 0 aromatic carbocycles. The van der Waals surface area contributed by atoms with Crippen molar-refractivity contribution in [2.45, 2.75) is 38.7 Å². The van der Waals surface area contributed by atoms with E-state index < -0.39 is 18.0 Å². The van der Waals surface area contributed by atoms with Crippen molar-refractivity contribution >= 4 is 11.9 Å². The molecule has 1 aliphatic heterocycles. The average molecular weight is 186 g/mol. The van der Waals surface area contributed by atoms with Gasteiger partial charge in [-0.15, -0.1) is 0 Å². The van der Waals surface area contributed by atoms with Gasteiger partial charge < -0.3 is 9.47 Å². The maximum atomic E-state index is 11.0. The molecule has 0 saturated carbocycles. The van der Waals surface area contributed by atoms with Crippen molar-refractivity contribution in [3.8, 4) is 0 Å². The summed E-state index contributed by atoms with van der Waals surface area (Å²) in [6, 6.07) is 0. The van der Waals surface area contributed by atoms with Crippen LogP contribution < -0.4 is 0 Å². The van der Waals surface area contributed by atoms with Crippen molar-refractivity contribution < 1.29 is 19.1 Å². The van der Waals surface area contributed by atoms with E-state index in [-0.39, 0.29) is 6.61 Å². The minimum absolute atomic E-state index is 0.233. The largest absolute Gasteiger partial charge is 0.451 e. The summed E-state index contributed by atoms with van der Waals surface area (Å²) in [6.07, 6.45) is 2.94. The molecule has 0 bridgehead atoms. The summed E-state index contributed by atoms with van der Waals surface area (Å²) in [4.78, 5) is 21.8. The van der Waals surface area contributed by atoms with Gasteiger partial charge in [-0.3, -0.25) is 0 Å². The molecule has 0 N–H and O–H groups in total. The van der Waals surface area contributed by atoms with E-state index in [4.69, 9.17) is 4.74 Å². The summed E-state index contributed by atoms with van der Waals surface area (Å²) in [7, 11) is 0. The van der Waals surface area contributed by atoms with E-state index >= 15 is 0 Å². The second-order valence-corrected chi connectivity index (χ2v) is 3.08.